The van der Waals surface area contributed by atoms with Crippen LogP contribution < -0.4 is 10.5 Å². The van der Waals surface area contributed by atoms with Crippen molar-refractivity contribution in [2.24, 2.45) is 0 Å². The van der Waals surface area contributed by atoms with E-state index < -0.39 is 0 Å². The number of fused-ring (bicyclic) bond motifs is 1. The molecular weight excluding hydrogens is 257 g/mol. The van der Waals surface area contributed by atoms with E-state index in [0.717, 1.165) is 5.39 Å². The Bertz CT molecular complexity index is 789. The zero-order valence-electron chi connectivity index (χ0n) is 10.8. The van der Waals surface area contributed by atoms with E-state index in [1.165, 1.54) is 12.4 Å². The summed E-state index contributed by atoms with van der Waals surface area (Å²) < 4.78 is 19.0. The predicted octanol–water partition coefficient (Wildman–Crippen LogP) is 3.45. The molecule has 3 aromatic rings. The average molecular weight is 269 g/mol. The molecule has 0 radical (unpaired) electrons. The van der Waals surface area contributed by atoms with Gasteiger partial charge in [-0.1, -0.05) is 6.07 Å². The molecule has 0 saturated heterocycles. The summed E-state index contributed by atoms with van der Waals surface area (Å²) in [6, 6.07) is 9.95. The molecule has 2 aromatic carbocycles. The number of nitrogens with zero attached hydrogens (tertiary/aromatic N) is 2. The SMILES string of the molecule is Cc1cc(Oc2ncnc3c(N)cccc23)ccc1F. The van der Waals surface area contributed by atoms with E-state index in [9.17, 15) is 4.39 Å². The van der Waals surface area contributed by atoms with Gasteiger partial charge >= 0.3 is 0 Å². The first-order valence-corrected chi connectivity index (χ1v) is 6.08. The van der Waals surface area contributed by atoms with Gasteiger partial charge in [0.2, 0.25) is 5.88 Å². The molecule has 5 heteroatoms. The number of hydrogen-bond donors (Lipinski definition) is 1. The maximum absolute atomic E-state index is 13.2. The number of hydrogen-bond acceptors (Lipinski definition) is 4. The number of nitrogen functional groups attached to an aromatic ring is 1. The van der Waals surface area contributed by atoms with Crippen molar-refractivity contribution in [2.45, 2.75) is 6.92 Å². The molecule has 0 fully saturated rings. The fourth-order valence-corrected chi connectivity index (χ4v) is 1.96. The molecule has 0 unspecified atom stereocenters. The van der Waals surface area contributed by atoms with E-state index in [0.29, 0.717) is 28.4 Å². The molecule has 20 heavy (non-hydrogen) atoms. The third kappa shape index (κ3) is 2.14. The Morgan fingerprint density at radius 3 is 2.80 bits per heavy atom. The Kier molecular flexibility index (Phi) is 2.95. The van der Waals surface area contributed by atoms with Crippen LogP contribution in [0.15, 0.2) is 42.7 Å². The second-order valence-corrected chi connectivity index (χ2v) is 4.44. The van der Waals surface area contributed by atoms with Gasteiger partial charge in [-0.15, -0.1) is 0 Å². The zero-order chi connectivity index (χ0) is 14.1. The molecule has 0 spiro atoms. The number of nitrogens with two attached hydrogens (primary N) is 1. The summed E-state index contributed by atoms with van der Waals surface area (Å²) in [6.45, 7) is 1.68. The maximum atomic E-state index is 13.2. The highest BCUT2D eigenvalue weighted by molar-refractivity contribution is 5.92. The molecule has 100 valence electrons. The molecule has 4 nitrogen and oxygen atoms in total. The molecule has 0 aliphatic carbocycles. The normalized spacial score (nSPS) is 10.7. The predicted molar refractivity (Wildman–Crippen MR) is 75.2 cm³/mol. The van der Waals surface area contributed by atoms with Crippen LogP contribution in [0.4, 0.5) is 10.1 Å². The van der Waals surface area contributed by atoms with Crippen LogP contribution in [0.2, 0.25) is 0 Å². The van der Waals surface area contributed by atoms with E-state index in [4.69, 9.17) is 10.5 Å². The highest BCUT2D eigenvalue weighted by Gasteiger charge is 2.08. The number of aryl methyl sites for hydroxylation is 1. The van der Waals surface area contributed by atoms with Crippen LogP contribution in [0.5, 0.6) is 11.6 Å². The van der Waals surface area contributed by atoms with Gasteiger partial charge in [-0.05, 0) is 42.8 Å². The van der Waals surface area contributed by atoms with Gasteiger partial charge in [-0.25, -0.2) is 14.4 Å². The third-order valence-electron chi connectivity index (χ3n) is 3.00. The van der Waals surface area contributed by atoms with Gasteiger partial charge < -0.3 is 10.5 Å². The van der Waals surface area contributed by atoms with Crippen LogP contribution in [0.3, 0.4) is 0 Å². The first kappa shape index (κ1) is 12.3. The van der Waals surface area contributed by atoms with Gasteiger partial charge in [0.15, 0.2) is 0 Å². The standard InChI is InChI=1S/C15H12FN3O/c1-9-7-10(5-6-12(9)16)20-15-11-3-2-4-13(17)14(11)18-8-19-15/h2-8H,17H2,1H3. The third-order valence-corrected chi connectivity index (χ3v) is 3.00. The van der Waals surface area contributed by atoms with Crippen molar-refractivity contribution < 1.29 is 9.13 Å². The van der Waals surface area contributed by atoms with E-state index >= 15 is 0 Å². The summed E-state index contributed by atoms with van der Waals surface area (Å²) in [5.74, 6) is 0.647. The van der Waals surface area contributed by atoms with Crippen molar-refractivity contribution in [1.29, 1.82) is 0 Å². The lowest BCUT2D eigenvalue weighted by Crippen LogP contribution is -1.95. The Balaban J connectivity index is 2.06. The Hall–Kier alpha value is -2.69. The summed E-state index contributed by atoms with van der Waals surface area (Å²) in [5, 5.41) is 0.717. The van der Waals surface area contributed by atoms with Crippen LogP contribution >= 0.6 is 0 Å². The van der Waals surface area contributed by atoms with Crippen molar-refractivity contribution in [2.75, 3.05) is 5.73 Å². The Morgan fingerprint density at radius 2 is 2.00 bits per heavy atom. The summed E-state index contributed by atoms with van der Waals surface area (Å²) >= 11 is 0. The molecule has 0 aliphatic rings. The number of rotatable bonds is 2. The van der Waals surface area contributed by atoms with E-state index in [1.807, 2.05) is 12.1 Å². The first-order valence-electron chi connectivity index (χ1n) is 6.08. The topological polar surface area (TPSA) is 61.0 Å². The lowest BCUT2D eigenvalue weighted by Gasteiger charge is -2.09. The van der Waals surface area contributed by atoms with Crippen molar-refractivity contribution >= 4 is 16.6 Å². The monoisotopic (exact) mass is 269 g/mol. The number of ether oxygens (including phenoxy) is 1. The minimum atomic E-state index is -0.269. The van der Waals surface area contributed by atoms with Gasteiger partial charge in [-0.3, -0.25) is 0 Å². The van der Waals surface area contributed by atoms with Gasteiger partial charge in [0, 0.05) is 0 Å². The molecule has 0 amide bonds. The fraction of sp³-hybridized carbons (Fsp3) is 0.0667. The largest absolute Gasteiger partial charge is 0.438 e. The molecule has 0 bridgehead atoms. The quantitative estimate of drug-likeness (QED) is 0.724. The molecule has 1 aromatic heterocycles. The van der Waals surface area contributed by atoms with Crippen molar-refractivity contribution in [1.82, 2.24) is 9.97 Å². The molecule has 0 atom stereocenters. The van der Waals surface area contributed by atoms with Gasteiger partial charge in [-0.2, -0.15) is 0 Å². The summed E-state index contributed by atoms with van der Waals surface area (Å²) in [4.78, 5) is 8.25. The van der Waals surface area contributed by atoms with Gasteiger partial charge in [0.05, 0.1) is 11.1 Å². The second kappa shape index (κ2) is 4.77. The number of para-hydroxylation sites is 1. The summed E-state index contributed by atoms with van der Waals surface area (Å²) in [5.41, 5.74) is 7.58. The second-order valence-electron chi connectivity index (χ2n) is 4.44. The number of benzene rings is 2. The smallest absolute Gasteiger partial charge is 0.230 e. The fourth-order valence-electron chi connectivity index (χ4n) is 1.96. The van der Waals surface area contributed by atoms with Gasteiger partial charge in [0.1, 0.15) is 23.4 Å². The molecule has 0 saturated carbocycles. The first-order chi connectivity index (χ1) is 9.65. The van der Waals surface area contributed by atoms with E-state index in [1.54, 1.807) is 25.1 Å². The van der Waals surface area contributed by atoms with Crippen molar-refractivity contribution in [3.8, 4) is 11.6 Å². The summed E-state index contributed by atoms with van der Waals surface area (Å²) in [7, 11) is 0. The van der Waals surface area contributed by atoms with Crippen LogP contribution in [0.25, 0.3) is 10.9 Å². The number of aromatic nitrogens is 2. The van der Waals surface area contributed by atoms with Crippen LogP contribution in [-0.2, 0) is 0 Å². The minimum Gasteiger partial charge on any atom is -0.438 e. The summed E-state index contributed by atoms with van der Waals surface area (Å²) in [6.07, 6.45) is 1.39. The van der Waals surface area contributed by atoms with Crippen LogP contribution in [-0.4, -0.2) is 9.97 Å². The molecule has 0 aliphatic heterocycles. The average Bonchev–Trinajstić information content (AvgIpc) is 2.44. The minimum absolute atomic E-state index is 0.269. The number of halogens is 1. The number of anilines is 1. The van der Waals surface area contributed by atoms with E-state index in [2.05, 4.69) is 9.97 Å². The molecular formula is C15H12FN3O. The Morgan fingerprint density at radius 1 is 1.15 bits per heavy atom. The van der Waals surface area contributed by atoms with Crippen molar-refractivity contribution in [3.05, 3.63) is 54.1 Å². The van der Waals surface area contributed by atoms with Crippen LogP contribution in [0.1, 0.15) is 5.56 Å². The lowest BCUT2D eigenvalue weighted by molar-refractivity contribution is 0.465. The Labute approximate surface area is 115 Å². The molecule has 2 N–H and O–H groups in total. The highest BCUT2D eigenvalue weighted by atomic mass is 19.1. The van der Waals surface area contributed by atoms with Crippen LogP contribution in [0, 0.1) is 12.7 Å². The van der Waals surface area contributed by atoms with Crippen molar-refractivity contribution in [3.63, 3.8) is 0 Å². The van der Waals surface area contributed by atoms with E-state index in [-0.39, 0.29) is 5.82 Å². The highest BCUT2D eigenvalue weighted by Crippen LogP contribution is 2.29. The maximum Gasteiger partial charge on any atom is 0.230 e. The lowest BCUT2D eigenvalue weighted by atomic mass is 10.2. The molecule has 1 heterocycles. The van der Waals surface area contributed by atoms with Gasteiger partial charge in [0.25, 0.3) is 0 Å². The zero-order valence-corrected chi connectivity index (χ0v) is 10.8. The molecule has 3 rings (SSSR count).